The van der Waals surface area contributed by atoms with Crippen LogP contribution in [0.2, 0.25) is 0 Å². The number of amides is 1. The van der Waals surface area contributed by atoms with E-state index in [0.717, 1.165) is 36.2 Å². The SMILES string of the molecule is CC(SCC(=O)N1CCCC(C(C)O)C1)c1nc2ccccc2[nH]1. The van der Waals surface area contributed by atoms with Gasteiger partial charge in [-0.15, -0.1) is 11.8 Å². The van der Waals surface area contributed by atoms with Crippen molar-refractivity contribution in [3.8, 4) is 0 Å². The summed E-state index contributed by atoms with van der Waals surface area (Å²) in [5, 5.41) is 9.89. The van der Waals surface area contributed by atoms with Crippen molar-refractivity contribution in [2.75, 3.05) is 18.8 Å². The second-order valence-electron chi connectivity index (χ2n) is 6.58. The lowest BCUT2D eigenvalue weighted by Crippen LogP contribution is -2.43. The molecule has 0 radical (unpaired) electrons. The first-order valence-corrected chi connectivity index (χ1v) is 9.61. The maximum absolute atomic E-state index is 12.5. The first kappa shape index (κ1) is 17.3. The number of likely N-dealkylation sites (tertiary alicyclic amines) is 1. The van der Waals surface area contributed by atoms with E-state index in [4.69, 9.17) is 0 Å². The smallest absolute Gasteiger partial charge is 0.232 e. The molecule has 6 heteroatoms. The molecule has 24 heavy (non-hydrogen) atoms. The number of thioether (sulfide) groups is 1. The summed E-state index contributed by atoms with van der Waals surface area (Å²) in [6.07, 6.45) is 1.64. The molecule has 0 spiro atoms. The van der Waals surface area contributed by atoms with E-state index in [-0.39, 0.29) is 23.2 Å². The van der Waals surface area contributed by atoms with Gasteiger partial charge in [-0.25, -0.2) is 4.98 Å². The number of aliphatic hydroxyl groups is 1. The van der Waals surface area contributed by atoms with Crippen molar-refractivity contribution < 1.29 is 9.90 Å². The number of nitrogens with zero attached hydrogens (tertiary/aromatic N) is 2. The van der Waals surface area contributed by atoms with Gasteiger partial charge >= 0.3 is 0 Å². The zero-order valence-electron chi connectivity index (χ0n) is 14.2. The molecule has 3 atom stereocenters. The number of carbonyl (C=O) groups excluding carboxylic acids is 1. The van der Waals surface area contributed by atoms with Crippen LogP contribution in [0.5, 0.6) is 0 Å². The molecule has 1 amide bonds. The fraction of sp³-hybridized carbons (Fsp3) is 0.556. The Morgan fingerprint density at radius 1 is 1.46 bits per heavy atom. The zero-order valence-corrected chi connectivity index (χ0v) is 15.1. The monoisotopic (exact) mass is 347 g/mol. The molecule has 2 N–H and O–H groups in total. The number of benzene rings is 1. The number of H-pyrrole nitrogens is 1. The molecule has 0 bridgehead atoms. The van der Waals surface area contributed by atoms with Crippen molar-refractivity contribution in [1.82, 2.24) is 14.9 Å². The topological polar surface area (TPSA) is 69.2 Å². The molecule has 3 rings (SSSR count). The number of carbonyl (C=O) groups is 1. The van der Waals surface area contributed by atoms with Crippen LogP contribution in [0.1, 0.15) is 37.8 Å². The average molecular weight is 347 g/mol. The molecule has 130 valence electrons. The van der Waals surface area contributed by atoms with E-state index < -0.39 is 0 Å². The summed E-state index contributed by atoms with van der Waals surface area (Å²) in [7, 11) is 0. The first-order valence-electron chi connectivity index (χ1n) is 8.56. The number of fused-ring (bicyclic) bond motifs is 1. The summed E-state index contributed by atoms with van der Waals surface area (Å²) in [5.41, 5.74) is 1.99. The van der Waals surface area contributed by atoms with Gasteiger partial charge in [0.15, 0.2) is 0 Å². The Morgan fingerprint density at radius 3 is 3.00 bits per heavy atom. The molecule has 1 aliphatic rings. The summed E-state index contributed by atoms with van der Waals surface area (Å²) in [6, 6.07) is 7.96. The maximum atomic E-state index is 12.5. The lowest BCUT2D eigenvalue weighted by atomic mass is 9.93. The summed E-state index contributed by atoms with van der Waals surface area (Å²) in [4.78, 5) is 22.3. The fourth-order valence-electron chi connectivity index (χ4n) is 3.16. The third-order valence-corrected chi connectivity index (χ3v) is 5.88. The van der Waals surface area contributed by atoms with Crippen LogP contribution in [0, 0.1) is 5.92 Å². The summed E-state index contributed by atoms with van der Waals surface area (Å²) >= 11 is 1.61. The fourth-order valence-corrected chi connectivity index (χ4v) is 4.01. The minimum Gasteiger partial charge on any atom is -0.393 e. The number of aromatic amines is 1. The highest BCUT2D eigenvalue weighted by Gasteiger charge is 2.26. The molecule has 2 heterocycles. The Kier molecular flexibility index (Phi) is 5.46. The maximum Gasteiger partial charge on any atom is 0.232 e. The highest BCUT2D eigenvalue weighted by atomic mass is 32.2. The van der Waals surface area contributed by atoms with Gasteiger partial charge in [0.25, 0.3) is 0 Å². The lowest BCUT2D eigenvalue weighted by Gasteiger charge is -2.34. The van der Waals surface area contributed by atoms with Crippen LogP contribution in [0.25, 0.3) is 11.0 Å². The number of rotatable bonds is 5. The highest BCUT2D eigenvalue weighted by Crippen LogP contribution is 2.28. The average Bonchev–Trinajstić information content (AvgIpc) is 3.03. The van der Waals surface area contributed by atoms with Crippen molar-refractivity contribution in [2.24, 2.45) is 5.92 Å². The second-order valence-corrected chi connectivity index (χ2v) is 7.90. The molecular formula is C18H25N3O2S. The molecule has 3 unspecified atom stereocenters. The molecule has 1 fully saturated rings. The van der Waals surface area contributed by atoms with Crippen LogP contribution in [0.4, 0.5) is 0 Å². The largest absolute Gasteiger partial charge is 0.393 e. The third kappa shape index (κ3) is 3.92. The lowest BCUT2D eigenvalue weighted by molar-refractivity contribution is -0.130. The van der Waals surface area contributed by atoms with Crippen LogP contribution in [-0.2, 0) is 4.79 Å². The highest BCUT2D eigenvalue weighted by molar-refractivity contribution is 8.00. The quantitative estimate of drug-likeness (QED) is 0.872. The van der Waals surface area contributed by atoms with Crippen molar-refractivity contribution in [3.05, 3.63) is 30.1 Å². The van der Waals surface area contributed by atoms with E-state index in [1.807, 2.05) is 36.1 Å². The minimum absolute atomic E-state index is 0.138. The number of nitrogens with one attached hydrogen (secondary N) is 1. The van der Waals surface area contributed by atoms with Crippen molar-refractivity contribution in [3.63, 3.8) is 0 Å². The number of aliphatic hydroxyl groups excluding tert-OH is 1. The van der Waals surface area contributed by atoms with Gasteiger partial charge in [0.2, 0.25) is 5.91 Å². The standard InChI is InChI=1S/C18H25N3O2S/c1-12(22)14-6-5-9-21(10-14)17(23)11-24-13(2)18-19-15-7-3-4-8-16(15)20-18/h3-4,7-8,12-14,22H,5-6,9-11H2,1-2H3,(H,19,20). The predicted molar refractivity (Wildman–Crippen MR) is 98.0 cm³/mol. The number of aromatic nitrogens is 2. The summed E-state index contributed by atoms with van der Waals surface area (Å²) < 4.78 is 0. The van der Waals surface area contributed by atoms with E-state index in [9.17, 15) is 9.90 Å². The van der Waals surface area contributed by atoms with Crippen LogP contribution < -0.4 is 0 Å². The number of para-hydroxylation sites is 2. The predicted octanol–water partition coefficient (Wildman–Crippen LogP) is 2.98. The molecule has 2 aromatic rings. The molecule has 5 nitrogen and oxygen atoms in total. The molecular weight excluding hydrogens is 322 g/mol. The number of imidazole rings is 1. The van der Waals surface area contributed by atoms with Gasteiger partial charge in [0.1, 0.15) is 5.82 Å². The normalized spacial score (nSPS) is 21.0. The van der Waals surface area contributed by atoms with Gasteiger partial charge < -0.3 is 15.0 Å². The molecule has 1 aromatic heterocycles. The molecule has 0 saturated carbocycles. The Morgan fingerprint density at radius 2 is 2.25 bits per heavy atom. The minimum atomic E-state index is -0.345. The third-order valence-electron chi connectivity index (χ3n) is 4.74. The van der Waals surface area contributed by atoms with Gasteiger partial charge in [0, 0.05) is 19.0 Å². The van der Waals surface area contributed by atoms with E-state index in [2.05, 4.69) is 16.9 Å². The van der Waals surface area contributed by atoms with Crippen LogP contribution in [0.15, 0.2) is 24.3 Å². The second kappa shape index (κ2) is 7.57. The number of hydrogen-bond donors (Lipinski definition) is 2. The van der Waals surface area contributed by atoms with Gasteiger partial charge in [0.05, 0.1) is 28.1 Å². The van der Waals surface area contributed by atoms with E-state index in [1.54, 1.807) is 11.8 Å². The Balaban J connectivity index is 1.55. The van der Waals surface area contributed by atoms with Crippen LogP contribution in [-0.4, -0.2) is 50.8 Å². The molecule has 0 aliphatic carbocycles. The summed E-state index contributed by atoms with van der Waals surface area (Å²) in [5.74, 6) is 1.73. The van der Waals surface area contributed by atoms with Crippen molar-refractivity contribution in [1.29, 1.82) is 0 Å². The van der Waals surface area contributed by atoms with E-state index in [0.29, 0.717) is 12.3 Å². The van der Waals surface area contributed by atoms with Crippen LogP contribution in [0.3, 0.4) is 0 Å². The van der Waals surface area contributed by atoms with Gasteiger partial charge in [-0.1, -0.05) is 12.1 Å². The Hall–Kier alpha value is -1.53. The summed E-state index contributed by atoms with van der Waals surface area (Å²) in [6.45, 7) is 5.37. The zero-order chi connectivity index (χ0) is 17.1. The Bertz CT molecular complexity index is 667. The first-order chi connectivity index (χ1) is 11.5. The van der Waals surface area contributed by atoms with Crippen LogP contribution >= 0.6 is 11.8 Å². The van der Waals surface area contributed by atoms with E-state index in [1.165, 1.54) is 0 Å². The van der Waals surface area contributed by atoms with E-state index >= 15 is 0 Å². The van der Waals surface area contributed by atoms with Gasteiger partial charge in [-0.05, 0) is 38.8 Å². The van der Waals surface area contributed by atoms with Gasteiger partial charge in [-0.2, -0.15) is 0 Å². The Labute approximate surface area is 146 Å². The van der Waals surface area contributed by atoms with Crippen molar-refractivity contribution >= 4 is 28.7 Å². The van der Waals surface area contributed by atoms with Gasteiger partial charge in [-0.3, -0.25) is 4.79 Å². The molecule has 1 saturated heterocycles. The molecule has 1 aliphatic heterocycles. The number of piperidine rings is 1. The molecule has 1 aromatic carbocycles. The number of hydrogen-bond acceptors (Lipinski definition) is 4. The van der Waals surface area contributed by atoms with Crippen molar-refractivity contribution in [2.45, 2.75) is 38.0 Å².